The van der Waals surface area contributed by atoms with Crippen LogP contribution in [0.1, 0.15) is 12.6 Å². The van der Waals surface area contributed by atoms with Gasteiger partial charge in [-0.2, -0.15) is 12.7 Å². The van der Waals surface area contributed by atoms with Gasteiger partial charge in [-0.15, -0.1) is 11.3 Å². The van der Waals surface area contributed by atoms with Crippen LogP contribution in [0.5, 0.6) is 0 Å². The monoisotopic (exact) mass is 381 g/mol. The maximum atomic E-state index is 14.0. The molecule has 2 rings (SSSR count). The Balaban J connectivity index is 2.25. The van der Waals surface area contributed by atoms with Crippen LogP contribution in [0.15, 0.2) is 10.5 Å². The first kappa shape index (κ1) is 18.0. The van der Waals surface area contributed by atoms with E-state index in [2.05, 4.69) is 15.0 Å². The Morgan fingerprint density at radius 2 is 2.29 bits per heavy atom. The van der Waals surface area contributed by atoms with Gasteiger partial charge < -0.3 is 15.9 Å². The van der Waals surface area contributed by atoms with Gasteiger partial charge in [0.2, 0.25) is 6.30 Å². The highest BCUT2D eigenvalue weighted by Gasteiger charge is 2.64. The highest BCUT2D eigenvalue weighted by molar-refractivity contribution is 7.84. The average Bonchev–Trinajstić information content (AvgIpc) is 2.89. The molecule has 1 aliphatic heterocycles. The molecule has 0 bridgehead atoms. The molecule has 2 unspecified atom stereocenters. The lowest BCUT2D eigenvalue weighted by Crippen LogP contribution is -2.78. The van der Waals surface area contributed by atoms with Crippen molar-refractivity contribution in [2.45, 2.75) is 18.8 Å². The fourth-order valence-corrected chi connectivity index (χ4v) is 3.32. The van der Waals surface area contributed by atoms with Crippen LogP contribution in [-0.4, -0.2) is 58.7 Å². The summed E-state index contributed by atoms with van der Waals surface area (Å²) in [6.07, 6.45) is -2.49. The van der Waals surface area contributed by atoms with Crippen molar-refractivity contribution in [3.63, 3.8) is 0 Å². The van der Waals surface area contributed by atoms with Crippen LogP contribution in [0.25, 0.3) is 0 Å². The Morgan fingerprint density at radius 3 is 2.71 bits per heavy atom. The highest BCUT2D eigenvalue weighted by atomic mass is 32.2. The molecule has 1 aromatic rings. The van der Waals surface area contributed by atoms with Crippen LogP contribution in [0, 0.1) is 0 Å². The molecular formula is C10H12FN5O6S2. The number of hydrogen-bond acceptors (Lipinski definition) is 9. The summed E-state index contributed by atoms with van der Waals surface area (Å²) in [6.45, 7) is 0.958. The van der Waals surface area contributed by atoms with Gasteiger partial charge in [-0.3, -0.25) is 14.1 Å². The summed E-state index contributed by atoms with van der Waals surface area (Å²) in [5.74, 6) is -2.39. The lowest BCUT2D eigenvalue weighted by molar-refractivity contribution is -0.164. The van der Waals surface area contributed by atoms with E-state index in [0.29, 0.717) is 0 Å². The molecule has 1 saturated heterocycles. The Morgan fingerprint density at radius 1 is 1.67 bits per heavy atom. The third kappa shape index (κ3) is 2.90. The predicted octanol–water partition coefficient (Wildman–Crippen LogP) is -1.11. The minimum atomic E-state index is -5.08. The van der Waals surface area contributed by atoms with Crippen LogP contribution >= 0.6 is 11.3 Å². The summed E-state index contributed by atoms with van der Waals surface area (Å²) < 4.78 is 44.2. The molecule has 0 aromatic carbocycles. The van der Waals surface area contributed by atoms with Crippen molar-refractivity contribution < 1.29 is 31.8 Å². The van der Waals surface area contributed by atoms with Gasteiger partial charge in [-0.1, -0.05) is 5.16 Å². The maximum absolute atomic E-state index is 14.0. The predicted molar refractivity (Wildman–Crippen MR) is 79.9 cm³/mol. The normalized spacial score (nSPS) is 24.5. The Kier molecular flexibility index (Phi) is 4.47. The van der Waals surface area contributed by atoms with Gasteiger partial charge in [0.05, 0.1) is 0 Å². The molecule has 2 atom stereocenters. The molecule has 11 nitrogen and oxygen atoms in total. The van der Waals surface area contributed by atoms with E-state index in [1.54, 1.807) is 0 Å². The number of oxime groups is 1. The van der Waals surface area contributed by atoms with E-state index in [1.807, 2.05) is 5.32 Å². The number of aromatic nitrogens is 1. The zero-order valence-electron chi connectivity index (χ0n) is 12.3. The Labute approximate surface area is 139 Å². The number of halogens is 1. The second kappa shape index (κ2) is 5.95. The molecule has 0 saturated carbocycles. The highest BCUT2D eigenvalue weighted by Crippen LogP contribution is 2.34. The van der Waals surface area contributed by atoms with E-state index < -0.39 is 39.7 Å². The van der Waals surface area contributed by atoms with Crippen LogP contribution in [-0.2, 0) is 24.7 Å². The molecule has 1 aliphatic rings. The van der Waals surface area contributed by atoms with E-state index in [4.69, 9.17) is 10.3 Å². The molecule has 2 amide bonds. The van der Waals surface area contributed by atoms with E-state index in [1.165, 1.54) is 5.38 Å². The van der Waals surface area contributed by atoms with Crippen molar-refractivity contribution in [3.8, 4) is 0 Å². The number of nitrogens with one attached hydrogen (secondary N) is 1. The lowest BCUT2D eigenvalue weighted by Gasteiger charge is -2.46. The molecule has 2 heterocycles. The number of amides is 2. The van der Waals surface area contributed by atoms with Gasteiger partial charge in [0.1, 0.15) is 12.8 Å². The van der Waals surface area contributed by atoms with E-state index in [9.17, 15) is 22.4 Å². The molecule has 0 radical (unpaired) electrons. The number of anilines is 1. The first-order chi connectivity index (χ1) is 11.0. The van der Waals surface area contributed by atoms with Crippen LogP contribution < -0.4 is 11.1 Å². The van der Waals surface area contributed by atoms with Crippen molar-refractivity contribution >= 4 is 44.3 Å². The zero-order valence-corrected chi connectivity index (χ0v) is 13.9. The summed E-state index contributed by atoms with van der Waals surface area (Å²) in [7, 11) is -3.93. The number of nitrogens with zero attached hydrogens (tertiary/aromatic N) is 3. The number of hydrogen-bond donors (Lipinski definition) is 3. The van der Waals surface area contributed by atoms with Gasteiger partial charge in [0.15, 0.2) is 16.4 Å². The number of carbonyl (C=O) groups is 2. The summed E-state index contributed by atoms with van der Waals surface area (Å²) in [4.78, 5) is 32.4. The van der Waals surface area contributed by atoms with Crippen molar-refractivity contribution in [1.29, 1.82) is 0 Å². The fraction of sp³-hybridized carbons (Fsp3) is 0.400. The number of rotatable bonds is 5. The number of nitrogen functional groups attached to an aromatic ring is 1. The zero-order chi connectivity index (χ0) is 18.3. The summed E-state index contributed by atoms with van der Waals surface area (Å²) in [5, 5.41) is 6.98. The minimum absolute atomic E-state index is 0.0225. The summed E-state index contributed by atoms with van der Waals surface area (Å²) >= 11 is 1.01. The van der Waals surface area contributed by atoms with E-state index in [0.717, 1.165) is 25.4 Å². The minimum Gasteiger partial charge on any atom is -0.398 e. The van der Waals surface area contributed by atoms with Crippen LogP contribution in [0.3, 0.4) is 0 Å². The average molecular weight is 381 g/mol. The molecule has 0 aliphatic carbocycles. The molecule has 24 heavy (non-hydrogen) atoms. The SMILES string of the molecule is CON=C(C(=O)NC1(C)C(=O)N(S(=O)(=O)O)C1F)c1csc(N)n1. The summed E-state index contributed by atoms with van der Waals surface area (Å²) in [6, 6.07) is 0. The van der Waals surface area contributed by atoms with Crippen molar-refractivity contribution in [1.82, 2.24) is 14.6 Å². The van der Waals surface area contributed by atoms with E-state index >= 15 is 0 Å². The van der Waals surface area contributed by atoms with Crippen LogP contribution in [0.2, 0.25) is 0 Å². The fourth-order valence-electron chi connectivity index (χ4n) is 1.92. The Hall–Kier alpha value is -2.32. The molecule has 1 aromatic heterocycles. The molecule has 132 valence electrons. The van der Waals surface area contributed by atoms with Crippen molar-refractivity contribution in [3.05, 3.63) is 11.1 Å². The third-order valence-electron chi connectivity index (χ3n) is 3.11. The van der Waals surface area contributed by atoms with Gasteiger partial charge in [-0.25, -0.2) is 9.37 Å². The second-order valence-corrected chi connectivity index (χ2v) is 6.94. The number of β-lactam (4-membered cyclic amide) rings is 1. The molecule has 0 spiro atoms. The number of carbonyl (C=O) groups excluding carboxylic acids is 2. The first-order valence-electron chi connectivity index (χ1n) is 6.12. The topological polar surface area (TPSA) is 164 Å². The maximum Gasteiger partial charge on any atom is 0.364 e. The van der Waals surface area contributed by atoms with Crippen molar-refractivity contribution in [2.75, 3.05) is 12.8 Å². The van der Waals surface area contributed by atoms with Gasteiger partial charge >= 0.3 is 10.3 Å². The summed E-state index contributed by atoms with van der Waals surface area (Å²) in [5.41, 5.74) is 2.88. The number of thiazole rings is 1. The standard InChI is InChI=1S/C10H12FN5O6S2/c1-10(7(11)16(8(10)18)24(19,20)21)14-6(17)5(15-22-2)4-3-23-9(12)13-4/h3,7H,1-2H3,(H2,12,13)(H,14,17)(H,19,20,21). The quantitative estimate of drug-likeness (QED) is 0.190. The van der Waals surface area contributed by atoms with E-state index in [-0.39, 0.29) is 15.1 Å². The first-order valence-corrected chi connectivity index (χ1v) is 8.40. The largest absolute Gasteiger partial charge is 0.398 e. The van der Waals surface area contributed by atoms with Crippen LogP contribution in [0.4, 0.5) is 9.52 Å². The van der Waals surface area contributed by atoms with Crippen molar-refractivity contribution in [2.24, 2.45) is 5.16 Å². The Bertz CT molecular complexity index is 823. The number of nitrogens with two attached hydrogens (primary N) is 1. The lowest BCUT2D eigenvalue weighted by atomic mass is 9.91. The van der Waals surface area contributed by atoms with Gasteiger partial charge in [0.25, 0.3) is 11.8 Å². The van der Waals surface area contributed by atoms with Gasteiger partial charge in [0, 0.05) is 5.38 Å². The molecule has 14 heteroatoms. The number of alkyl halides is 1. The molecule has 4 N–H and O–H groups in total. The second-order valence-electron chi connectivity index (χ2n) is 4.76. The van der Waals surface area contributed by atoms with Gasteiger partial charge in [-0.05, 0) is 6.92 Å². The smallest absolute Gasteiger partial charge is 0.364 e. The molecule has 1 fully saturated rings. The molecular weight excluding hydrogens is 369 g/mol. The third-order valence-corrected chi connectivity index (χ3v) is 4.63.